The van der Waals surface area contributed by atoms with Gasteiger partial charge < -0.3 is 9.47 Å². The van der Waals surface area contributed by atoms with E-state index in [4.69, 9.17) is 9.47 Å². The van der Waals surface area contributed by atoms with Crippen LogP contribution in [-0.4, -0.2) is 20.0 Å². The number of rotatable bonds is 4. The predicted molar refractivity (Wildman–Crippen MR) is 61.8 cm³/mol. The summed E-state index contributed by atoms with van der Waals surface area (Å²) in [5.74, 6) is 0.929. The SMILES string of the molecule is C=CC(=O)c1cc(OC)c(OC)cc1Br. The van der Waals surface area contributed by atoms with Crippen LogP contribution in [0.2, 0.25) is 0 Å². The normalized spacial score (nSPS) is 9.53. The molecule has 0 bridgehead atoms. The third-order valence-corrected chi connectivity index (χ3v) is 2.58. The van der Waals surface area contributed by atoms with Gasteiger partial charge in [-0.15, -0.1) is 0 Å². The lowest BCUT2D eigenvalue weighted by Crippen LogP contribution is -1.98. The van der Waals surface area contributed by atoms with E-state index >= 15 is 0 Å². The zero-order valence-electron chi connectivity index (χ0n) is 8.54. The molecule has 4 heteroatoms. The Morgan fingerprint density at radius 3 is 2.33 bits per heavy atom. The summed E-state index contributed by atoms with van der Waals surface area (Å²) in [6, 6.07) is 3.31. The first kappa shape index (κ1) is 11.8. The fraction of sp³-hybridized carbons (Fsp3) is 0.182. The quantitative estimate of drug-likeness (QED) is 0.624. The van der Waals surface area contributed by atoms with Gasteiger partial charge in [0.15, 0.2) is 17.3 Å². The first-order chi connectivity index (χ1) is 7.13. The van der Waals surface area contributed by atoms with Crippen molar-refractivity contribution in [1.29, 1.82) is 0 Å². The molecule has 0 aliphatic rings. The van der Waals surface area contributed by atoms with E-state index in [1.54, 1.807) is 19.2 Å². The number of hydrogen-bond donors (Lipinski definition) is 0. The van der Waals surface area contributed by atoms with E-state index in [0.717, 1.165) is 0 Å². The molecule has 1 aromatic rings. The minimum atomic E-state index is -0.164. The van der Waals surface area contributed by atoms with Crippen LogP contribution in [0.3, 0.4) is 0 Å². The Balaban J connectivity index is 3.31. The Morgan fingerprint density at radius 1 is 1.33 bits per heavy atom. The van der Waals surface area contributed by atoms with Crippen molar-refractivity contribution in [3.8, 4) is 11.5 Å². The number of halogens is 1. The smallest absolute Gasteiger partial charge is 0.186 e. The van der Waals surface area contributed by atoms with E-state index in [-0.39, 0.29) is 5.78 Å². The van der Waals surface area contributed by atoms with Crippen LogP contribution in [0.1, 0.15) is 10.4 Å². The third kappa shape index (κ3) is 2.39. The maximum atomic E-state index is 11.5. The topological polar surface area (TPSA) is 35.5 Å². The number of ketones is 1. The molecule has 0 atom stereocenters. The molecule has 0 fully saturated rings. The molecule has 0 spiro atoms. The van der Waals surface area contributed by atoms with E-state index in [9.17, 15) is 4.79 Å². The Bertz CT molecular complexity index is 399. The van der Waals surface area contributed by atoms with Gasteiger partial charge in [0.05, 0.1) is 14.2 Å². The van der Waals surface area contributed by atoms with Crippen molar-refractivity contribution in [2.75, 3.05) is 14.2 Å². The number of carbonyl (C=O) groups excluding carboxylic acids is 1. The summed E-state index contributed by atoms with van der Waals surface area (Å²) in [6.45, 7) is 3.43. The number of ether oxygens (including phenoxy) is 2. The first-order valence-electron chi connectivity index (χ1n) is 4.22. The zero-order valence-corrected chi connectivity index (χ0v) is 10.1. The molecule has 0 amide bonds. The monoisotopic (exact) mass is 270 g/mol. The van der Waals surface area contributed by atoms with E-state index < -0.39 is 0 Å². The molecule has 3 nitrogen and oxygen atoms in total. The lowest BCUT2D eigenvalue weighted by atomic mass is 10.1. The van der Waals surface area contributed by atoms with Gasteiger partial charge in [-0.2, -0.15) is 0 Å². The van der Waals surface area contributed by atoms with Crippen LogP contribution < -0.4 is 9.47 Å². The second-order valence-electron chi connectivity index (χ2n) is 2.76. The van der Waals surface area contributed by atoms with Crippen LogP contribution >= 0.6 is 15.9 Å². The molecule has 0 unspecified atom stereocenters. The van der Waals surface area contributed by atoms with Crippen LogP contribution in [0.15, 0.2) is 29.3 Å². The van der Waals surface area contributed by atoms with Gasteiger partial charge in [0.1, 0.15) is 0 Å². The second kappa shape index (κ2) is 4.98. The van der Waals surface area contributed by atoms with Gasteiger partial charge in [-0.1, -0.05) is 6.58 Å². The minimum Gasteiger partial charge on any atom is -0.493 e. The van der Waals surface area contributed by atoms with Gasteiger partial charge in [-0.05, 0) is 34.1 Å². The average molecular weight is 271 g/mol. The highest BCUT2D eigenvalue weighted by atomic mass is 79.9. The standard InChI is InChI=1S/C11H11BrO3/c1-4-9(13)7-5-10(14-2)11(15-3)6-8(7)12/h4-6H,1H2,2-3H3. The van der Waals surface area contributed by atoms with Crippen molar-refractivity contribution in [3.63, 3.8) is 0 Å². The first-order valence-corrected chi connectivity index (χ1v) is 5.01. The molecule has 1 aromatic carbocycles. The second-order valence-corrected chi connectivity index (χ2v) is 3.61. The Hall–Kier alpha value is -1.29. The van der Waals surface area contributed by atoms with Crippen LogP contribution in [-0.2, 0) is 0 Å². The largest absolute Gasteiger partial charge is 0.493 e. The van der Waals surface area contributed by atoms with Gasteiger partial charge in [0.2, 0.25) is 0 Å². The predicted octanol–water partition coefficient (Wildman–Crippen LogP) is 2.84. The van der Waals surface area contributed by atoms with E-state index in [0.29, 0.717) is 21.5 Å². The molecular weight excluding hydrogens is 260 g/mol. The maximum Gasteiger partial charge on any atom is 0.186 e. The summed E-state index contributed by atoms with van der Waals surface area (Å²) in [6.07, 6.45) is 1.26. The third-order valence-electron chi connectivity index (χ3n) is 1.92. The van der Waals surface area contributed by atoms with E-state index in [1.165, 1.54) is 13.2 Å². The van der Waals surface area contributed by atoms with Crippen LogP contribution in [0, 0.1) is 0 Å². The Morgan fingerprint density at radius 2 is 1.87 bits per heavy atom. The summed E-state index contributed by atoms with van der Waals surface area (Å²) in [7, 11) is 3.06. The summed E-state index contributed by atoms with van der Waals surface area (Å²) < 4.78 is 10.8. The highest BCUT2D eigenvalue weighted by molar-refractivity contribution is 9.10. The summed E-state index contributed by atoms with van der Waals surface area (Å²) in [4.78, 5) is 11.5. The number of methoxy groups -OCH3 is 2. The fourth-order valence-corrected chi connectivity index (χ4v) is 1.67. The van der Waals surface area contributed by atoms with Crippen LogP contribution in [0.5, 0.6) is 11.5 Å². The molecule has 0 radical (unpaired) electrons. The van der Waals surface area contributed by atoms with Crippen LogP contribution in [0.25, 0.3) is 0 Å². The molecule has 0 aliphatic carbocycles. The van der Waals surface area contributed by atoms with Crippen molar-refractivity contribution in [2.45, 2.75) is 0 Å². The lowest BCUT2D eigenvalue weighted by Gasteiger charge is -2.10. The summed E-state index contributed by atoms with van der Waals surface area (Å²) in [5, 5.41) is 0. The molecule has 80 valence electrons. The lowest BCUT2D eigenvalue weighted by molar-refractivity contribution is 0.104. The Kier molecular flexibility index (Phi) is 3.91. The van der Waals surface area contributed by atoms with Crippen molar-refractivity contribution in [2.24, 2.45) is 0 Å². The van der Waals surface area contributed by atoms with Crippen LogP contribution in [0.4, 0.5) is 0 Å². The maximum absolute atomic E-state index is 11.5. The molecule has 15 heavy (non-hydrogen) atoms. The van der Waals surface area contributed by atoms with Gasteiger partial charge in [-0.3, -0.25) is 4.79 Å². The highest BCUT2D eigenvalue weighted by Gasteiger charge is 2.12. The molecule has 0 aromatic heterocycles. The van der Waals surface area contributed by atoms with Gasteiger partial charge in [-0.25, -0.2) is 0 Å². The van der Waals surface area contributed by atoms with Gasteiger partial charge in [0.25, 0.3) is 0 Å². The number of carbonyl (C=O) groups is 1. The molecule has 0 saturated carbocycles. The molecule has 1 rings (SSSR count). The molecular formula is C11H11BrO3. The van der Waals surface area contributed by atoms with E-state index in [1.807, 2.05) is 0 Å². The zero-order chi connectivity index (χ0) is 11.4. The van der Waals surface area contributed by atoms with Crippen molar-refractivity contribution in [1.82, 2.24) is 0 Å². The van der Waals surface area contributed by atoms with Gasteiger partial charge >= 0.3 is 0 Å². The number of hydrogen-bond acceptors (Lipinski definition) is 3. The van der Waals surface area contributed by atoms with Crippen molar-refractivity contribution >= 4 is 21.7 Å². The molecule has 0 heterocycles. The highest BCUT2D eigenvalue weighted by Crippen LogP contribution is 2.33. The molecule has 0 aliphatic heterocycles. The Labute approximate surface area is 96.8 Å². The van der Waals surface area contributed by atoms with Crippen molar-refractivity contribution in [3.05, 3.63) is 34.8 Å². The summed E-state index contributed by atoms with van der Waals surface area (Å²) in [5.41, 5.74) is 0.502. The van der Waals surface area contributed by atoms with E-state index in [2.05, 4.69) is 22.5 Å². The fourth-order valence-electron chi connectivity index (χ4n) is 1.15. The molecule has 0 saturated heterocycles. The van der Waals surface area contributed by atoms with Crippen molar-refractivity contribution < 1.29 is 14.3 Å². The van der Waals surface area contributed by atoms with Gasteiger partial charge in [0, 0.05) is 10.0 Å². The minimum absolute atomic E-state index is 0.164. The summed E-state index contributed by atoms with van der Waals surface area (Å²) >= 11 is 3.29. The number of benzene rings is 1. The number of allylic oxidation sites excluding steroid dienone is 1. The molecule has 0 N–H and O–H groups in total. The average Bonchev–Trinajstić information content (AvgIpc) is 2.27.